The van der Waals surface area contributed by atoms with Crippen molar-refractivity contribution < 1.29 is 29.4 Å². The number of carbonyl (C=O) groups is 4. The summed E-state index contributed by atoms with van der Waals surface area (Å²) in [5, 5.41) is 24.2. The first-order valence-corrected chi connectivity index (χ1v) is 18.2. The zero-order chi connectivity index (χ0) is 39.6. The van der Waals surface area contributed by atoms with Gasteiger partial charge in [0.25, 0.3) is 0 Å². The topological polar surface area (TPSA) is 109 Å². The highest BCUT2D eigenvalue weighted by Gasteiger charge is 2.21. The van der Waals surface area contributed by atoms with Gasteiger partial charge < -0.3 is 10.2 Å². The average molecular weight is 737 g/mol. The van der Waals surface area contributed by atoms with Gasteiger partial charge in [0.1, 0.15) is 12.2 Å². The molecule has 8 rings (SSSR count). The summed E-state index contributed by atoms with van der Waals surface area (Å²) in [6.45, 7) is 4.05. The number of fused-ring (bicyclic) bond motifs is 2. The normalized spacial score (nSPS) is 13.1. The second-order valence-corrected chi connectivity index (χ2v) is 13.4. The van der Waals surface area contributed by atoms with Crippen LogP contribution in [0.3, 0.4) is 0 Å². The van der Waals surface area contributed by atoms with Crippen LogP contribution in [0, 0.1) is 13.8 Å². The second kappa shape index (κ2) is 18.0. The molecule has 276 valence electrons. The van der Waals surface area contributed by atoms with Gasteiger partial charge in [0.2, 0.25) is 0 Å². The lowest BCUT2D eigenvalue weighted by atomic mass is 9.86. The van der Waals surface area contributed by atoms with Gasteiger partial charge in [-0.1, -0.05) is 152 Å². The molecule has 0 bridgehead atoms. The number of hydrogen-bond acceptors (Lipinski definition) is 6. The Kier molecular flexibility index (Phi) is 12.5. The number of carbonyl (C=O) groups excluding carboxylic acids is 4. The molecule has 7 aromatic carbocycles. The summed E-state index contributed by atoms with van der Waals surface area (Å²) in [4.78, 5) is 48.0. The lowest BCUT2D eigenvalue weighted by molar-refractivity contribution is -0.113. The predicted octanol–water partition coefficient (Wildman–Crippen LogP) is 9.91. The molecule has 2 N–H and O–H groups in total. The molecule has 0 radical (unpaired) electrons. The lowest BCUT2D eigenvalue weighted by Gasteiger charge is -2.17. The molecule has 6 heteroatoms. The van der Waals surface area contributed by atoms with Crippen LogP contribution in [0.25, 0.3) is 27.1 Å². The number of ketones is 4. The van der Waals surface area contributed by atoms with Gasteiger partial charge in [-0.05, 0) is 93.6 Å². The van der Waals surface area contributed by atoms with Crippen molar-refractivity contribution in [3.05, 3.63) is 221 Å². The molecular weight excluding hydrogens is 697 g/mol. The summed E-state index contributed by atoms with van der Waals surface area (Å²) in [5.41, 5.74) is 5.82. The summed E-state index contributed by atoms with van der Waals surface area (Å²) in [6.07, 6.45) is 1.99. The summed E-state index contributed by atoms with van der Waals surface area (Å²) in [6, 6.07) is 50.1. The zero-order valence-corrected chi connectivity index (χ0v) is 31.0. The van der Waals surface area contributed by atoms with Crippen molar-refractivity contribution in [1.29, 1.82) is 0 Å². The minimum Gasteiger partial charge on any atom is -0.380 e. The van der Waals surface area contributed by atoms with Crippen molar-refractivity contribution in [3.63, 3.8) is 0 Å². The van der Waals surface area contributed by atoms with E-state index in [0.717, 1.165) is 32.8 Å². The quantitative estimate of drug-likeness (QED) is 0.0958. The minimum absolute atomic E-state index is 0.113. The Balaban J connectivity index is 0.000000148. The molecule has 0 aromatic heterocycles. The molecule has 2 atom stereocenters. The Hall–Kier alpha value is -6.86. The Morgan fingerprint density at radius 3 is 1.41 bits per heavy atom. The number of aliphatic hydroxyl groups is 2. The van der Waals surface area contributed by atoms with Crippen molar-refractivity contribution in [2.24, 2.45) is 0 Å². The highest BCUT2D eigenvalue weighted by molar-refractivity contribution is 6.36. The van der Waals surface area contributed by atoms with E-state index < -0.39 is 12.2 Å². The first kappa shape index (κ1) is 38.9. The van der Waals surface area contributed by atoms with E-state index >= 15 is 0 Å². The molecule has 7 aromatic rings. The molecule has 0 amide bonds. The van der Waals surface area contributed by atoms with E-state index in [1.54, 1.807) is 97.1 Å². The molecule has 0 saturated heterocycles. The molecule has 0 heterocycles. The van der Waals surface area contributed by atoms with Crippen LogP contribution in [0.2, 0.25) is 0 Å². The highest BCUT2D eigenvalue weighted by Crippen LogP contribution is 2.35. The molecule has 0 fully saturated rings. The summed E-state index contributed by atoms with van der Waals surface area (Å²) >= 11 is 0. The minimum atomic E-state index is -1.08. The molecule has 0 saturated carbocycles. The smallest absolute Gasteiger partial charge is 0.195 e. The van der Waals surface area contributed by atoms with E-state index in [-0.39, 0.29) is 23.1 Å². The third kappa shape index (κ3) is 9.08. The first-order valence-electron chi connectivity index (χ1n) is 18.2. The number of aliphatic hydroxyl groups excluding tert-OH is 2. The summed E-state index contributed by atoms with van der Waals surface area (Å²) in [5.74, 6) is -0.796. The van der Waals surface area contributed by atoms with E-state index in [0.29, 0.717) is 27.8 Å². The van der Waals surface area contributed by atoms with Crippen LogP contribution >= 0.6 is 0 Å². The largest absolute Gasteiger partial charge is 0.380 e. The predicted molar refractivity (Wildman–Crippen MR) is 222 cm³/mol. The van der Waals surface area contributed by atoms with Gasteiger partial charge in [-0.25, -0.2) is 0 Å². The molecule has 0 spiro atoms. The van der Waals surface area contributed by atoms with E-state index in [9.17, 15) is 29.4 Å². The molecule has 1 aliphatic rings. The lowest BCUT2D eigenvalue weighted by Crippen LogP contribution is -2.11. The summed E-state index contributed by atoms with van der Waals surface area (Å²) in [7, 11) is 0. The van der Waals surface area contributed by atoms with Gasteiger partial charge in [0, 0.05) is 16.7 Å². The number of aryl methyl sites for hydroxylation is 1. The van der Waals surface area contributed by atoms with Crippen LogP contribution in [0.4, 0.5) is 0 Å². The molecule has 1 aliphatic carbocycles. The molecular formula is C50H40O6. The molecule has 2 unspecified atom stereocenters. The van der Waals surface area contributed by atoms with Gasteiger partial charge in [0.05, 0.1) is 0 Å². The number of hydrogen-bond donors (Lipinski definition) is 2. The Bertz CT molecular complexity index is 2480. The maximum absolute atomic E-state index is 12.4. The molecule has 56 heavy (non-hydrogen) atoms. The van der Waals surface area contributed by atoms with Crippen molar-refractivity contribution in [2.75, 3.05) is 0 Å². The van der Waals surface area contributed by atoms with Crippen molar-refractivity contribution in [3.8, 4) is 0 Å². The van der Waals surface area contributed by atoms with Gasteiger partial charge >= 0.3 is 0 Å². The fraction of sp³-hybridized carbons (Fsp3) is 0.0800. The van der Waals surface area contributed by atoms with Crippen LogP contribution in [0.15, 0.2) is 182 Å². The van der Waals surface area contributed by atoms with Crippen LogP contribution in [0.1, 0.15) is 60.7 Å². The maximum atomic E-state index is 12.4. The van der Waals surface area contributed by atoms with Gasteiger partial charge in [-0.2, -0.15) is 0 Å². The second-order valence-electron chi connectivity index (χ2n) is 13.4. The Morgan fingerprint density at radius 2 is 0.929 bits per heavy atom. The zero-order valence-electron chi connectivity index (χ0n) is 31.0. The van der Waals surface area contributed by atoms with Gasteiger partial charge in [-0.3, -0.25) is 19.2 Å². The third-order valence-corrected chi connectivity index (χ3v) is 9.59. The Morgan fingerprint density at radius 1 is 0.500 bits per heavy atom. The van der Waals surface area contributed by atoms with Crippen molar-refractivity contribution >= 4 is 50.3 Å². The monoisotopic (exact) mass is 736 g/mol. The van der Waals surface area contributed by atoms with Crippen molar-refractivity contribution in [1.82, 2.24) is 0 Å². The number of Topliss-reactive ketones (excluding diaryl/α,β-unsaturated/α-hetero) is 2. The van der Waals surface area contributed by atoms with Gasteiger partial charge in [0.15, 0.2) is 23.1 Å². The Labute approximate surface area is 325 Å². The fourth-order valence-electron chi connectivity index (χ4n) is 6.48. The fourth-order valence-corrected chi connectivity index (χ4v) is 6.48. The van der Waals surface area contributed by atoms with E-state index in [1.165, 1.54) is 23.6 Å². The van der Waals surface area contributed by atoms with E-state index in [4.69, 9.17) is 0 Å². The van der Waals surface area contributed by atoms with Gasteiger partial charge in [-0.15, -0.1) is 0 Å². The van der Waals surface area contributed by atoms with Crippen LogP contribution in [0.5, 0.6) is 0 Å². The average Bonchev–Trinajstić information content (AvgIpc) is 3.25. The SMILES string of the molecule is Cc1cc2cc3ccccc3cc2c(C2=CC(=O)C=CC2=O)c1C.O=C(c1ccccc1)C(O)c1ccccc1.O=C(c1ccccc1)C(O)c1ccccc1. The maximum Gasteiger partial charge on any atom is 0.195 e. The first-order chi connectivity index (χ1) is 27.1. The van der Waals surface area contributed by atoms with Crippen molar-refractivity contribution in [2.45, 2.75) is 26.1 Å². The summed E-state index contributed by atoms with van der Waals surface area (Å²) < 4.78 is 0. The van der Waals surface area contributed by atoms with Crippen LogP contribution in [-0.4, -0.2) is 33.3 Å². The molecule has 6 nitrogen and oxygen atoms in total. The number of benzene rings is 7. The van der Waals surface area contributed by atoms with E-state index in [1.807, 2.05) is 50.2 Å². The molecule has 0 aliphatic heterocycles. The highest BCUT2D eigenvalue weighted by atomic mass is 16.3. The standard InChI is InChI=1S/C22H16O2.2C14H12O2/c1-13-9-17-10-15-5-3-4-6-16(15)11-19(17)22(14(13)2)20-12-18(23)7-8-21(20)24;2*15-13(11-7-3-1-4-8-11)14(16)12-9-5-2-6-10-12/h3-12H,1-2H3;2*1-10,13,15H. The third-order valence-electron chi connectivity index (χ3n) is 9.59. The van der Waals surface area contributed by atoms with Crippen LogP contribution in [-0.2, 0) is 9.59 Å². The van der Waals surface area contributed by atoms with Crippen LogP contribution < -0.4 is 0 Å². The van der Waals surface area contributed by atoms with E-state index in [2.05, 4.69) is 30.3 Å². The number of allylic oxidation sites excluding steroid dienone is 4. The number of rotatable bonds is 7.